The number of methoxy groups -OCH3 is 1. The number of ketones is 1. The molecule has 29 heavy (non-hydrogen) atoms. The number of carbonyl (C=O) groups excluding carboxylic acids is 4. The van der Waals surface area contributed by atoms with E-state index in [0.29, 0.717) is 11.4 Å². The number of benzene rings is 2. The lowest BCUT2D eigenvalue weighted by Gasteiger charge is -2.12. The number of ether oxygens (including phenoxy) is 2. The van der Waals surface area contributed by atoms with Crippen LogP contribution in [0, 0.1) is 0 Å². The van der Waals surface area contributed by atoms with Gasteiger partial charge in [-0.2, -0.15) is 0 Å². The molecule has 2 amide bonds. The molecule has 0 aliphatic heterocycles. The Balaban J connectivity index is 2.16. The molecule has 0 heterocycles. The van der Waals surface area contributed by atoms with E-state index in [1.165, 1.54) is 57.4 Å². The molecule has 3 N–H and O–H groups in total. The normalized spacial score (nSPS) is 10.0. The van der Waals surface area contributed by atoms with Crippen molar-refractivity contribution in [3.05, 3.63) is 47.5 Å². The number of carbonyl (C=O) groups is 4. The number of nitrogens with one attached hydrogen (secondary N) is 2. The summed E-state index contributed by atoms with van der Waals surface area (Å²) in [7, 11) is 1.41. The zero-order chi connectivity index (χ0) is 21.6. The quantitative estimate of drug-likeness (QED) is 0.480. The average molecular weight is 400 g/mol. The number of esters is 1. The molecule has 0 atom stereocenters. The summed E-state index contributed by atoms with van der Waals surface area (Å²) in [6.07, 6.45) is 0. The van der Waals surface area contributed by atoms with Crippen molar-refractivity contribution >= 4 is 34.9 Å². The summed E-state index contributed by atoms with van der Waals surface area (Å²) in [6.45, 7) is 1.98. The third-order valence-corrected chi connectivity index (χ3v) is 3.71. The van der Waals surface area contributed by atoms with Crippen molar-refractivity contribution in [3.8, 4) is 11.5 Å². The van der Waals surface area contributed by atoms with E-state index < -0.39 is 24.3 Å². The molecule has 0 bridgehead atoms. The first kappa shape index (κ1) is 21.4. The molecule has 2 aromatic carbocycles. The minimum atomic E-state index is -0.894. The van der Waals surface area contributed by atoms with Crippen LogP contribution in [0.2, 0.25) is 0 Å². The summed E-state index contributed by atoms with van der Waals surface area (Å²) in [5.41, 5.74) is 0.526. The maximum absolute atomic E-state index is 12.5. The lowest BCUT2D eigenvalue weighted by molar-refractivity contribution is -0.115. The number of phenolic OH excluding ortho intramolecular Hbond substituents is 1. The van der Waals surface area contributed by atoms with E-state index >= 15 is 0 Å². The van der Waals surface area contributed by atoms with Gasteiger partial charge in [-0.25, -0.2) is 4.79 Å². The first-order valence-corrected chi connectivity index (χ1v) is 8.47. The van der Waals surface area contributed by atoms with E-state index in [1.54, 1.807) is 0 Å². The van der Waals surface area contributed by atoms with Gasteiger partial charge in [-0.1, -0.05) is 0 Å². The zero-order valence-corrected chi connectivity index (χ0v) is 16.1. The van der Waals surface area contributed by atoms with E-state index in [9.17, 15) is 24.3 Å². The van der Waals surface area contributed by atoms with Crippen LogP contribution >= 0.6 is 0 Å². The molecule has 9 nitrogen and oxygen atoms in total. The predicted octanol–water partition coefficient (Wildman–Crippen LogP) is 2.36. The molecule has 0 aliphatic rings. The van der Waals surface area contributed by atoms with Gasteiger partial charge < -0.3 is 25.2 Å². The highest BCUT2D eigenvalue weighted by Gasteiger charge is 2.18. The molecule has 0 saturated heterocycles. The number of anilines is 2. The molecule has 2 aromatic rings. The van der Waals surface area contributed by atoms with Gasteiger partial charge >= 0.3 is 5.97 Å². The Kier molecular flexibility index (Phi) is 6.91. The van der Waals surface area contributed by atoms with E-state index in [4.69, 9.17) is 9.47 Å². The highest BCUT2D eigenvalue weighted by Crippen LogP contribution is 2.25. The van der Waals surface area contributed by atoms with Crippen molar-refractivity contribution in [3.63, 3.8) is 0 Å². The highest BCUT2D eigenvalue weighted by molar-refractivity contribution is 6.07. The van der Waals surface area contributed by atoms with E-state index in [1.807, 2.05) is 0 Å². The van der Waals surface area contributed by atoms with E-state index in [0.717, 1.165) is 0 Å². The third kappa shape index (κ3) is 5.80. The monoisotopic (exact) mass is 400 g/mol. The van der Waals surface area contributed by atoms with Crippen molar-refractivity contribution in [1.82, 2.24) is 0 Å². The number of Topliss-reactive ketones (excluding diaryl/α,β-unsaturated/α-hetero) is 1. The van der Waals surface area contributed by atoms with Crippen molar-refractivity contribution in [2.75, 3.05) is 24.4 Å². The molecule has 0 saturated carbocycles. The Morgan fingerprint density at radius 3 is 2.17 bits per heavy atom. The number of hydrogen-bond donors (Lipinski definition) is 3. The van der Waals surface area contributed by atoms with Gasteiger partial charge in [0, 0.05) is 31.2 Å². The van der Waals surface area contributed by atoms with Crippen molar-refractivity contribution < 1.29 is 33.8 Å². The highest BCUT2D eigenvalue weighted by atomic mass is 16.5. The van der Waals surface area contributed by atoms with Gasteiger partial charge in [0.05, 0.1) is 12.8 Å². The SMILES string of the molecule is COc1ccc(C(=O)OCC(=O)c2ccc(NC(C)=O)cc2NC(C)=O)c(O)c1. The second-order valence-corrected chi connectivity index (χ2v) is 6.01. The Bertz CT molecular complexity index is 969. The van der Waals surface area contributed by atoms with Gasteiger partial charge in [0.1, 0.15) is 17.1 Å². The van der Waals surface area contributed by atoms with Crippen LogP contribution in [0.5, 0.6) is 11.5 Å². The van der Waals surface area contributed by atoms with E-state index in [-0.39, 0.29) is 28.5 Å². The fourth-order valence-corrected chi connectivity index (χ4v) is 2.46. The minimum Gasteiger partial charge on any atom is -0.507 e. The second kappa shape index (κ2) is 9.36. The topological polar surface area (TPSA) is 131 Å². The summed E-state index contributed by atoms with van der Waals surface area (Å²) in [5.74, 6) is -2.20. The molecular formula is C20H20N2O7. The van der Waals surface area contributed by atoms with Gasteiger partial charge in [0.15, 0.2) is 6.61 Å². The van der Waals surface area contributed by atoms with Crippen LogP contribution in [0.3, 0.4) is 0 Å². The largest absolute Gasteiger partial charge is 0.507 e. The fraction of sp³-hybridized carbons (Fsp3) is 0.200. The van der Waals surface area contributed by atoms with E-state index in [2.05, 4.69) is 10.6 Å². The van der Waals surface area contributed by atoms with Crippen molar-refractivity contribution in [2.45, 2.75) is 13.8 Å². The molecule has 0 aromatic heterocycles. The molecular weight excluding hydrogens is 380 g/mol. The van der Waals surface area contributed by atoms with Crippen LogP contribution in [-0.2, 0) is 14.3 Å². The number of hydrogen-bond acceptors (Lipinski definition) is 7. The van der Waals surface area contributed by atoms with Crippen LogP contribution in [-0.4, -0.2) is 42.4 Å². The number of amides is 2. The fourth-order valence-electron chi connectivity index (χ4n) is 2.46. The van der Waals surface area contributed by atoms with Gasteiger partial charge in [-0.15, -0.1) is 0 Å². The summed E-state index contributed by atoms with van der Waals surface area (Å²) in [5, 5.41) is 14.9. The molecule has 0 aliphatic carbocycles. The average Bonchev–Trinajstić information content (AvgIpc) is 2.65. The lowest BCUT2D eigenvalue weighted by Crippen LogP contribution is -2.18. The van der Waals surface area contributed by atoms with Crippen molar-refractivity contribution in [1.29, 1.82) is 0 Å². The summed E-state index contributed by atoms with van der Waals surface area (Å²) >= 11 is 0. The lowest BCUT2D eigenvalue weighted by atomic mass is 10.1. The third-order valence-electron chi connectivity index (χ3n) is 3.71. The van der Waals surface area contributed by atoms with Crippen LogP contribution in [0.4, 0.5) is 11.4 Å². The summed E-state index contributed by atoms with van der Waals surface area (Å²) in [6, 6.07) is 8.33. The number of rotatable bonds is 7. The molecule has 152 valence electrons. The van der Waals surface area contributed by atoms with Crippen LogP contribution < -0.4 is 15.4 Å². The standard InChI is InChI=1S/C20H20N2O7/c1-11(23)21-13-4-6-15(17(8-13)22-12(2)24)19(26)10-29-20(27)16-7-5-14(28-3)9-18(16)25/h4-9,25H,10H2,1-3H3,(H,21,23)(H,22,24). The minimum absolute atomic E-state index is 0.0982. The molecule has 0 unspecified atom stereocenters. The summed E-state index contributed by atoms with van der Waals surface area (Å²) in [4.78, 5) is 47.3. The molecule has 9 heteroatoms. The zero-order valence-electron chi connectivity index (χ0n) is 16.1. The number of aromatic hydroxyl groups is 1. The predicted molar refractivity (Wildman–Crippen MR) is 104 cm³/mol. The van der Waals surface area contributed by atoms with Crippen LogP contribution in [0.25, 0.3) is 0 Å². The number of phenols is 1. The summed E-state index contributed by atoms with van der Waals surface area (Å²) < 4.78 is 9.92. The first-order valence-electron chi connectivity index (χ1n) is 8.47. The first-order chi connectivity index (χ1) is 13.7. The van der Waals surface area contributed by atoms with Gasteiger partial charge in [-0.05, 0) is 30.3 Å². The Hall–Kier alpha value is -3.88. The second-order valence-electron chi connectivity index (χ2n) is 6.01. The van der Waals surface area contributed by atoms with Crippen molar-refractivity contribution in [2.24, 2.45) is 0 Å². The maximum Gasteiger partial charge on any atom is 0.342 e. The molecule has 0 fully saturated rings. The van der Waals surface area contributed by atoms with Crippen LogP contribution in [0.15, 0.2) is 36.4 Å². The maximum atomic E-state index is 12.5. The Morgan fingerprint density at radius 1 is 0.931 bits per heavy atom. The molecule has 0 spiro atoms. The molecule has 2 rings (SSSR count). The van der Waals surface area contributed by atoms with Gasteiger partial charge in [-0.3, -0.25) is 14.4 Å². The Labute approximate surface area is 166 Å². The van der Waals surface area contributed by atoms with Gasteiger partial charge in [0.25, 0.3) is 0 Å². The van der Waals surface area contributed by atoms with Gasteiger partial charge in [0.2, 0.25) is 17.6 Å². The van der Waals surface area contributed by atoms with Crippen LogP contribution in [0.1, 0.15) is 34.6 Å². The Morgan fingerprint density at radius 2 is 1.59 bits per heavy atom. The smallest absolute Gasteiger partial charge is 0.342 e. The molecule has 0 radical (unpaired) electrons.